The molecule has 6 atom stereocenters. The van der Waals surface area contributed by atoms with E-state index in [1.165, 1.54) is 19.9 Å². The number of halogens is 2. The summed E-state index contributed by atoms with van der Waals surface area (Å²) in [5, 5.41) is 44.4. The van der Waals surface area contributed by atoms with E-state index in [2.05, 4.69) is 31.9 Å². The van der Waals surface area contributed by atoms with E-state index in [1.807, 2.05) is 0 Å². The molecular weight excluding hydrogens is 1040 g/mol. The molecule has 1 fully saturated rings. The highest BCUT2D eigenvalue weighted by molar-refractivity contribution is 6.01. The number of hydroxylamine groups is 2. The maximum absolute atomic E-state index is 15.4. The van der Waals surface area contributed by atoms with Crippen LogP contribution >= 0.6 is 0 Å². The molecule has 0 aliphatic carbocycles. The Morgan fingerprint density at radius 3 is 1.95 bits per heavy atom. The molecular formula is C52H65F2N9O16. The number of nitrogens with one attached hydrogen (secondary N) is 6. The smallest absolute Gasteiger partial charge is 0.333 e. The standard InChI is InChI=1S/C52H65F2N9O16/c1-28(56-30(3)65)47(73)57-29(2)48(74)59-37(23-44(70)71)50(76)58-36(49(75)60-38(51(77)78)24-55-40(66)13-10-14-45(72)79-63-41(67)17-18-42(63)68)19-20-62(43(69)27-64)46(52(4,5)6)39-21-32(34-22-33(53)15-16-35(34)54)26-61(39)25-31-11-8-7-9-12-31/h7-9,11-12,15-16,21-22,26,28-29,36-38,46,64H,10,13-14,17-20,23-25,27H2,1-6H3,(H,55,66)(H,56,65)(H,57,73)(H,58,76)(H,59,74)(H,60,75)(H,70,71)(H,77,78)/t28-,29+,36-,37-,38+,46-/m0/s1. The summed E-state index contributed by atoms with van der Waals surface area (Å²) in [6.45, 7) is 6.48. The highest BCUT2D eigenvalue weighted by Crippen LogP contribution is 2.41. The van der Waals surface area contributed by atoms with Crippen molar-refractivity contribution in [3.05, 3.63) is 83.7 Å². The number of aliphatic carboxylic acids is 2. The fourth-order valence-corrected chi connectivity index (χ4v) is 8.34. The summed E-state index contributed by atoms with van der Waals surface area (Å²) in [5.74, 6) is -14.2. The van der Waals surface area contributed by atoms with Gasteiger partial charge in [0.1, 0.15) is 48.5 Å². The van der Waals surface area contributed by atoms with Crippen molar-refractivity contribution in [1.29, 1.82) is 0 Å². The third kappa shape index (κ3) is 18.8. The number of carboxylic acid groups (broad SMARTS) is 2. The molecule has 9 amide bonds. The van der Waals surface area contributed by atoms with Crippen LogP contribution in [0.3, 0.4) is 0 Å². The number of nitrogens with zero attached hydrogens (tertiary/aromatic N) is 3. The molecule has 79 heavy (non-hydrogen) atoms. The molecule has 4 rings (SSSR count). The van der Waals surface area contributed by atoms with Gasteiger partial charge in [-0.1, -0.05) is 51.1 Å². The van der Waals surface area contributed by atoms with Gasteiger partial charge in [0.15, 0.2) is 0 Å². The molecule has 27 heteroatoms. The number of hydrogen-bond acceptors (Lipinski definition) is 14. The zero-order chi connectivity index (χ0) is 58.9. The Bertz CT molecular complexity index is 2770. The van der Waals surface area contributed by atoms with Crippen molar-refractivity contribution in [1.82, 2.24) is 46.4 Å². The van der Waals surface area contributed by atoms with E-state index in [1.54, 1.807) is 61.9 Å². The summed E-state index contributed by atoms with van der Waals surface area (Å²) >= 11 is 0. The number of benzene rings is 2. The molecule has 0 bridgehead atoms. The minimum Gasteiger partial charge on any atom is -0.481 e. The molecule has 428 valence electrons. The predicted octanol–water partition coefficient (Wildman–Crippen LogP) is 0.717. The van der Waals surface area contributed by atoms with Gasteiger partial charge >= 0.3 is 17.9 Å². The molecule has 0 saturated carbocycles. The minimum atomic E-state index is -1.99. The number of aliphatic hydroxyl groups excluding tert-OH is 1. The number of carbonyl (C=O) groups is 12. The largest absolute Gasteiger partial charge is 0.481 e. The van der Waals surface area contributed by atoms with Crippen molar-refractivity contribution in [2.75, 3.05) is 19.7 Å². The van der Waals surface area contributed by atoms with E-state index in [-0.39, 0.29) is 36.9 Å². The van der Waals surface area contributed by atoms with E-state index >= 15 is 4.39 Å². The van der Waals surface area contributed by atoms with Gasteiger partial charge in [0.05, 0.1) is 12.5 Å². The van der Waals surface area contributed by atoms with Crippen LogP contribution in [0.5, 0.6) is 0 Å². The summed E-state index contributed by atoms with van der Waals surface area (Å²) in [5.41, 5.74) is 0.144. The number of carbonyl (C=O) groups excluding carboxylic acids is 10. The Kier molecular flexibility index (Phi) is 22.8. The maximum Gasteiger partial charge on any atom is 0.333 e. The van der Waals surface area contributed by atoms with Crippen LogP contribution in [-0.4, -0.2) is 151 Å². The molecule has 1 saturated heterocycles. The van der Waals surface area contributed by atoms with Gasteiger partial charge < -0.3 is 61.5 Å². The van der Waals surface area contributed by atoms with Crippen LogP contribution < -0.4 is 31.9 Å². The SMILES string of the molecule is CC(=O)N[C@@H](C)C(=O)N[C@H](C)C(=O)N[C@@H](CC(=O)O)C(=O)N[C@@H](CCN(C(=O)CO)[C@@H](c1cc(-c2cc(F)ccc2F)cn1Cc1ccccc1)C(C)(C)C)C(=O)N[C@H](CNC(=O)CCCC(=O)ON1C(=O)CCC1=O)C(=O)O. The molecule has 9 N–H and O–H groups in total. The van der Waals surface area contributed by atoms with Crippen molar-refractivity contribution < 1.29 is 86.5 Å². The molecule has 2 aromatic carbocycles. The molecule has 2 heterocycles. The maximum atomic E-state index is 15.4. The second-order valence-corrected chi connectivity index (χ2v) is 19.7. The van der Waals surface area contributed by atoms with E-state index in [9.17, 15) is 77.2 Å². The van der Waals surface area contributed by atoms with Gasteiger partial charge in [0.25, 0.3) is 11.8 Å². The molecule has 3 aromatic rings. The molecule has 0 unspecified atom stereocenters. The highest BCUT2D eigenvalue weighted by atomic mass is 19.1. The van der Waals surface area contributed by atoms with E-state index in [0.29, 0.717) is 10.8 Å². The number of rotatable bonds is 28. The lowest BCUT2D eigenvalue weighted by atomic mass is 9.82. The summed E-state index contributed by atoms with van der Waals surface area (Å²) in [6, 6.07) is 3.80. The number of amides is 9. The third-order valence-electron chi connectivity index (χ3n) is 12.2. The highest BCUT2D eigenvalue weighted by Gasteiger charge is 2.39. The lowest BCUT2D eigenvalue weighted by Gasteiger charge is -2.41. The number of carboxylic acids is 2. The Morgan fingerprint density at radius 1 is 0.759 bits per heavy atom. The predicted molar refractivity (Wildman–Crippen MR) is 272 cm³/mol. The fourth-order valence-electron chi connectivity index (χ4n) is 8.34. The van der Waals surface area contributed by atoms with Crippen LogP contribution in [0.1, 0.15) is 104 Å². The van der Waals surface area contributed by atoms with Crippen molar-refractivity contribution in [3.8, 4) is 11.1 Å². The number of hydrogen-bond donors (Lipinski definition) is 9. The zero-order valence-corrected chi connectivity index (χ0v) is 44.3. The Balaban J connectivity index is 1.69. The van der Waals surface area contributed by atoms with Gasteiger partial charge in [-0.25, -0.2) is 18.4 Å². The van der Waals surface area contributed by atoms with Crippen LogP contribution in [0.15, 0.2) is 60.8 Å². The Hall–Kier alpha value is -8.62. The van der Waals surface area contributed by atoms with Crippen molar-refractivity contribution in [2.24, 2.45) is 5.41 Å². The van der Waals surface area contributed by atoms with Crippen LogP contribution in [0.2, 0.25) is 0 Å². The first-order valence-electron chi connectivity index (χ1n) is 25.0. The van der Waals surface area contributed by atoms with Crippen molar-refractivity contribution in [3.63, 3.8) is 0 Å². The van der Waals surface area contributed by atoms with Gasteiger partial charge in [-0.05, 0) is 61.9 Å². The van der Waals surface area contributed by atoms with Crippen LogP contribution in [0.4, 0.5) is 8.78 Å². The molecule has 1 aromatic heterocycles. The number of aliphatic hydroxyl groups is 1. The summed E-state index contributed by atoms with van der Waals surface area (Å²) in [7, 11) is 0. The molecule has 1 aliphatic rings. The lowest BCUT2D eigenvalue weighted by Crippen LogP contribution is -2.59. The molecule has 1 aliphatic heterocycles. The summed E-state index contributed by atoms with van der Waals surface area (Å²) < 4.78 is 31.7. The van der Waals surface area contributed by atoms with E-state index in [4.69, 9.17) is 4.84 Å². The Morgan fingerprint density at radius 2 is 1.35 bits per heavy atom. The van der Waals surface area contributed by atoms with Crippen molar-refractivity contribution in [2.45, 2.75) is 129 Å². The second-order valence-electron chi connectivity index (χ2n) is 19.7. The third-order valence-corrected chi connectivity index (χ3v) is 12.2. The fraction of sp³-hybridized carbons (Fsp3) is 0.462. The van der Waals surface area contributed by atoms with Gasteiger partial charge in [-0.3, -0.25) is 47.9 Å². The van der Waals surface area contributed by atoms with Crippen molar-refractivity contribution >= 4 is 71.1 Å². The molecule has 0 spiro atoms. The first kappa shape index (κ1) is 62.9. The average Bonchev–Trinajstić information content (AvgIpc) is 3.97. The zero-order valence-electron chi connectivity index (χ0n) is 44.3. The topological polar surface area (TPSA) is 358 Å². The quantitative estimate of drug-likeness (QED) is 0.0452. The summed E-state index contributed by atoms with van der Waals surface area (Å²) in [6.07, 6.45) is -1.52. The first-order chi connectivity index (χ1) is 37.1. The van der Waals surface area contributed by atoms with Crippen LogP contribution in [-0.2, 0) is 68.9 Å². The molecule has 0 radical (unpaired) electrons. The van der Waals surface area contributed by atoms with Gasteiger partial charge in [0.2, 0.25) is 41.4 Å². The first-order valence-corrected chi connectivity index (χ1v) is 25.0. The number of imide groups is 1. The van der Waals surface area contributed by atoms with Gasteiger partial charge in [-0.15, -0.1) is 5.06 Å². The van der Waals surface area contributed by atoms with E-state index < -0.39 is 170 Å². The van der Waals surface area contributed by atoms with E-state index in [0.717, 1.165) is 35.6 Å². The molecule has 25 nitrogen and oxygen atoms in total. The van der Waals surface area contributed by atoms with Gasteiger partial charge in [-0.2, -0.15) is 0 Å². The number of aromatic nitrogens is 1. The van der Waals surface area contributed by atoms with Gasteiger partial charge in [0, 0.05) is 75.3 Å². The minimum absolute atomic E-state index is 0.123. The summed E-state index contributed by atoms with van der Waals surface area (Å²) in [4.78, 5) is 159. The van der Waals surface area contributed by atoms with Crippen LogP contribution in [0, 0.1) is 17.0 Å². The average molecular weight is 1110 g/mol. The monoisotopic (exact) mass is 1110 g/mol. The second kappa shape index (κ2) is 28.7. The van der Waals surface area contributed by atoms with Crippen LogP contribution in [0.25, 0.3) is 11.1 Å². The lowest BCUT2D eigenvalue weighted by molar-refractivity contribution is -0.197. The Labute approximate surface area is 452 Å². The normalized spacial score (nSPS) is 14.6.